The SMILES string of the molecule is O=C(CC1CC1)C1CCOC2(CCC2)C1. The van der Waals surface area contributed by atoms with Gasteiger partial charge in [-0.15, -0.1) is 0 Å². The highest BCUT2D eigenvalue weighted by molar-refractivity contribution is 5.81. The van der Waals surface area contributed by atoms with Crippen molar-refractivity contribution < 1.29 is 9.53 Å². The summed E-state index contributed by atoms with van der Waals surface area (Å²) in [6.07, 6.45) is 9.14. The molecule has 1 spiro atoms. The maximum Gasteiger partial charge on any atom is 0.136 e. The molecule has 1 unspecified atom stereocenters. The van der Waals surface area contributed by atoms with Gasteiger partial charge in [-0.05, 0) is 50.9 Å². The van der Waals surface area contributed by atoms with E-state index >= 15 is 0 Å². The third kappa shape index (κ3) is 1.96. The lowest BCUT2D eigenvalue weighted by Crippen LogP contribution is -2.47. The molecule has 2 saturated carbocycles. The minimum Gasteiger partial charge on any atom is -0.375 e. The van der Waals surface area contributed by atoms with Gasteiger partial charge < -0.3 is 4.74 Å². The molecule has 2 aliphatic carbocycles. The molecule has 0 radical (unpaired) electrons. The lowest BCUT2D eigenvalue weighted by molar-refractivity contribution is -0.155. The number of Topliss-reactive ketones (excluding diaryl/α,β-unsaturated/α-hetero) is 1. The van der Waals surface area contributed by atoms with Crippen LogP contribution in [0.2, 0.25) is 0 Å². The quantitative estimate of drug-likeness (QED) is 0.712. The van der Waals surface area contributed by atoms with Gasteiger partial charge in [-0.3, -0.25) is 4.79 Å². The van der Waals surface area contributed by atoms with Crippen LogP contribution in [-0.2, 0) is 9.53 Å². The summed E-state index contributed by atoms with van der Waals surface area (Å²) in [5, 5.41) is 0. The van der Waals surface area contributed by atoms with Crippen molar-refractivity contribution in [2.45, 2.75) is 57.0 Å². The van der Waals surface area contributed by atoms with E-state index in [4.69, 9.17) is 4.74 Å². The lowest BCUT2D eigenvalue weighted by atomic mass is 9.71. The number of hydrogen-bond donors (Lipinski definition) is 0. The van der Waals surface area contributed by atoms with Gasteiger partial charge in [0.05, 0.1) is 5.60 Å². The van der Waals surface area contributed by atoms with E-state index in [-0.39, 0.29) is 5.60 Å². The maximum absolute atomic E-state index is 12.0. The zero-order chi connectivity index (χ0) is 10.3. The first-order chi connectivity index (χ1) is 7.27. The van der Waals surface area contributed by atoms with E-state index in [2.05, 4.69) is 0 Å². The highest BCUT2D eigenvalue weighted by atomic mass is 16.5. The summed E-state index contributed by atoms with van der Waals surface area (Å²) in [4.78, 5) is 12.0. The molecule has 3 rings (SSSR count). The zero-order valence-electron chi connectivity index (χ0n) is 9.34. The molecule has 2 heteroatoms. The Morgan fingerprint density at radius 3 is 2.67 bits per heavy atom. The van der Waals surface area contributed by atoms with Crippen molar-refractivity contribution >= 4 is 5.78 Å². The van der Waals surface area contributed by atoms with Gasteiger partial charge in [0.2, 0.25) is 0 Å². The van der Waals surface area contributed by atoms with Crippen LogP contribution >= 0.6 is 0 Å². The second-order valence-electron chi connectivity index (χ2n) is 5.69. The molecule has 1 aliphatic heterocycles. The van der Waals surface area contributed by atoms with Crippen molar-refractivity contribution in [1.29, 1.82) is 0 Å². The number of ether oxygens (including phenoxy) is 1. The Balaban J connectivity index is 1.57. The van der Waals surface area contributed by atoms with E-state index in [9.17, 15) is 4.79 Å². The number of hydrogen-bond acceptors (Lipinski definition) is 2. The van der Waals surface area contributed by atoms with Crippen molar-refractivity contribution in [2.75, 3.05) is 6.61 Å². The van der Waals surface area contributed by atoms with Gasteiger partial charge in [-0.2, -0.15) is 0 Å². The average Bonchev–Trinajstić information content (AvgIpc) is 2.99. The average molecular weight is 208 g/mol. The Kier molecular flexibility index (Phi) is 2.35. The molecule has 0 bridgehead atoms. The second-order valence-corrected chi connectivity index (χ2v) is 5.69. The van der Waals surface area contributed by atoms with Crippen molar-refractivity contribution in [3.8, 4) is 0 Å². The van der Waals surface area contributed by atoms with Crippen LogP contribution in [0.4, 0.5) is 0 Å². The summed E-state index contributed by atoms with van der Waals surface area (Å²) >= 11 is 0. The second kappa shape index (κ2) is 3.58. The van der Waals surface area contributed by atoms with Crippen molar-refractivity contribution in [3.63, 3.8) is 0 Å². The molecular weight excluding hydrogens is 188 g/mol. The fraction of sp³-hybridized carbons (Fsp3) is 0.923. The number of ketones is 1. The largest absolute Gasteiger partial charge is 0.375 e. The van der Waals surface area contributed by atoms with Crippen molar-refractivity contribution in [3.05, 3.63) is 0 Å². The zero-order valence-corrected chi connectivity index (χ0v) is 9.34. The van der Waals surface area contributed by atoms with E-state index in [1.807, 2.05) is 0 Å². The molecule has 1 saturated heterocycles. The highest BCUT2D eigenvalue weighted by Gasteiger charge is 2.44. The van der Waals surface area contributed by atoms with E-state index in [0.717, 1.165) is 31.8 Å². The molecule has 0 aromatic heterocycles. The van der Waals surface area contributed by atoms with E-state index < -0.39 is 0 Å². The number of rotatable bonds is 3. The molecular formula is C13H20O2. The van der Waals surface area contributed by atoms with Crippen LogP contribution in [0.3, 0.4) is 0 Å². The third-order valence-corrected chi connectivity index (χ3v) is 4.40. The van der Waals surface area contributed by atoms with Gasteiger partial charge >= 0.3 is 0 Å². The van der Waals surface area contributed by atoms with Gasteiger partial charge in [0, 0.05) is 18.9 Å². The summed E-state index contributed by atoms with van der Waals surface area (Å²) < 4.78 is 5.85. The normalized spacial score (nSPS) is 33.7. The summed E-state index contributed by atoms with van der Waals surface area (Å²) in [6, 6.07) is 0. The lowest BCUT2D eigenvalue weighted by Gasteiger charge is -2.46. The Hall–Kier alpha value is -0.370. The molecule has 0 amide bonds. The van der Waals surface area contributed by atoms with Crippen LogP contribution in [0.25, 0.3) is 0 Å². The molecule has 0 aromatic carbocycles. The summed E-state index contributed by atoms with van der Waals surface area (Å²) in [5.74, 6) is 1.62. The van der Waals surface area contributed by atoms with Crippen LogP contribution in [0, 0.1) is 11.8 Å². The van der Waals surface area contributed by atoms with Crippen LogP contribution in [-0.4, -0.2) is 18.0 Å². The van der Waals surface area contributed by atoms with Crippen LogP contribution < -0.4 is 0 Å². The van der Waals surface area contributed by atoms with Gasteiger partial charge in [-0.1, -0.05) is 0 Å². The molecule has 2 nitrogen and oxygen atoms in total. The molecule has 0 N–H and O–H groups in total. The van der Waals surface area contributed by atoms with E-state index in [1.54, 1.807) is 0 Å². The molecule has 0 aromatic rings. The Labute approximate surface area is 91.4 Å². The molecule has 84 valence electrons. The standard InChI is InChI=1S/C13H20O2/c14-12(8-10-2-3-10)11-4-7-15-13(9-11)5-1-6-13/h10-11H,1-9H2. The summed E-state index contributed by atoms with van der Waals surface area (Å²) in [6.45, 7) is 0.821. The Morgan fingerprint density at radius 1 is 1.27 bits per heavy atom. The fourth-order valence-electron chi connectivity index (χ4n) is 3.00. The number of carbonyl (C=O) groups excluding carboxylic acids is 1. The van der Waals surface area contributed by atoms with Crippen LogP contribution in [0.1, 0.15) is 51.4 Å². The first-order valence-electron chi connectivity index (χ1n) is 6.44. The van der Waals surface area contributed by atoms with Crippen molar-refractivity contribution in [1.82, 2.24) is 0 Å². The summed E-state index contributed by atoms with van der Waals surface area (Å²) in [5.41, 5.74) is 0.141. The maximum atomic E-state index is 12.0. The van der Waals surface area contributed by atoms with E-state index in [0.29, 0.717) is 11.7 Å². The molecule has 15 heavy (non-hydrogen) atoms. The topological polar surface area (TPSA) is 26.3 Å². The van der Waals surface area contributed by atoms with Crippen LogP contribution in [0.15, 0.2) is 0 Å². The fourth-order valence-corrected chi connectivity index (χ4v) is 3.00. The first-order valence-corrected chi connectivity index (χ1v) is 6.44. The smallest absolute Gasteiger partial charge is 0.136 e. The van der Waals surface area contributed by atoms with Gasteiger partial charge in [-0.25, -0.2) is 0 Å². The van der Waals surface area contributed by atoms with Gasteiger partial charge in [0.25, 0.3) is 0 Å². The monoisotopic (exact) mass is 208 g/mol. The van der Waals surface area contributed by atoms with Crippen molar-refractivity contribution in [2.24, 2.45) is 11.8 Å². The molecule has 1 heterocycles. The highest BCUT2D eigenvalue weighted by Crippen LogP contribution is 2.45. The Bertz CT molecular complexity index is 264. The summed E-state index contributed by atoms with van der Waals surface area (Å²) in [7, 11) is 0. The molecule has 3 fully saturated rings. The number of carbonyl (C=O) groups is 1. The minimum atomic E-state index is 0.141. The predicted molar refractivity (Wildman–Crippen MR) is 57.6 cm³/mol. The Morgan fingerprint density at radius 2 is 2.07 bits per heavy atom. The van der Waals surface area contributed by atoms with E-state index in [1.165, 1.54) is 32.1 Å². The minimum absolute atomic E-state index is 0.141. The van der Waals surface area contributed by atoms with Gasteiger partial charge in [0.15, 0.2) is 0 Å². The first kappa shape index (κ1) is 9.83. The third-order valence-electron chi connectivity index (χ3n) is 4.40. The predicted octanol–water partition coefficient (Wildman–Crippen LogP) is 2.70. The molecule has 1 atom stereocenters. The van der Waals surface area contributed by atoms with Crippen LogP contribution in [0.5, 0.6) is 0 Å². The molecule has 3 aliphatic rings. The van der Waals surface area contributed by atoms with Gasteiger partial charge in [0.1, 0.15) is 5.78 Å².